The minimum atomic E-state index is -1.02. The molecule has 2 heterocycles. The Morgan fingerprint density at radius 1 is 1.39 bits per heavy atom. The number of carbonyl (C=O) groups excluding carboxylic acids is 3. The number of carbonyl (C=O) groups is 3. The molecular weight excluding hydrogens is 346 g/mol. The molecule has 0 aliphatic heterocycles. The number of aromatic nitrogens is 1. The molecule has 0 saturated carbocycles. The maximum atomic E-state index is 11.9. The average molecular weight is 355 g/mol. The number of nitrogens with one attached hydrogen (secondary N) is 1. The van der Waals surface area contributed by atoms with Gasteiger partial charge in [0.2, 0.25) is 0 Å². The van der Waals surface area contributed by atoms with Crippen molar-refractivity contribution in [3.8, 4) is 0 Å². The normalized spacial score (nSPS) is 10.1. The SMILES string of the molecule is CCOC(=O)C(=O)c1csc(NC(=O)c2ccc([N+](=O)[O-])s2)n1. The topological polar surface area (TPSA) is 128 Å². The van der Waals surface area contributed by atoms with Crippen LogP contribution in [0, 0.1) is 10.1 Å². The van der Waals surface area contributed by atoms with Gasteiger partial charge in [-0.05, 0) is 13.0 Å². The van der Waals surface area contributed by atoms with E-state index in [0.717, 1.165) is 22.7 Å². The molecule has 0 fully saturated rings. The van der Waals surface area contributed by atoms with Crippen LogP contribution in [0.4, 0.5) is 10.1 Å². The lowest BCUT2D eigenvalue weighted by Gasteiger charge is -1.98. The van der Waals surface area contributed by atoms with Crippen molar-refractivity contribution >= 4 is 50.5 Å². The highest BCUT2D eigenvalue weighted by molar-refractivity contribution is 7.17. The van der Waals surface area contributed by atoms with E-state index >= 15 is 0 Å². The molecule has 120 valence electrons. The van der Waals surface area contributed by atoms with Crippen molar-refractivity contribution in [3.63, 3.8) is 0 Å². The van der Waals surface area contributed by atoms with E-state index in [0.29, 0.717) is 0 Å². The van der Waals surface area contributed by atoms with E-state index in [1.54, 1.807) is 6.92 Å². The number of hydrogen-bond acceptors (Lipinski definition) is 9. The van der Waals surface area contributed by atoms with Gasteiger partial charge in [-0.1, -0.05) is 11.3 Å². The molecule has 0 saturated heterocycles. The summed E-state index contributed by atoms with van der Waals surface area (Å²) < 4.78 is 4.57. The van der Waals surface area contributed by atoms with E-state index in [1.807, 2.05) is 0 Å². The number of nitro groups is 1. The predicted octanol–water partition coefficient (Wildman–Crippen LogP) is 2.11. The van der Waals surface area contributed by atoms with Crippen LogP contribution >= 0.6 is 22.7 Å². The van der Waals surface area contributed by atoms with Gasteiger partial charge in [-0.25, -0.2) is 9.78 Å². The number of Topliss-reactive ketones (excluding diaryl/α,β-unsaturated/α-hetero) is 1. The summed E-state index contributed by atoms with van der Waals surface area (Å²) in [7, 11) is 0. The second-order valence-corrected chi connectivity index (χ2v) is 5.86. The largest absolute Gasteiger partial charge is 0.460 e. The van der Waals surface area contributed by atoms with Crippen LogP contribution in [0.15, 0.2) is 17.5 Å². The molecule has 1 amide bonds. The van der Waals surface area contributed by atoms with Gasteiger partial charge < -0.3 is 4.74 Å². The van der Waals surface area contributed by atoms with Crippen LogP contribution < -0.4 is 5.32 Å². The minimum absolute atomic E-state index is 0.0649. The summed E-state index contributed by atoms with van der Waals surface area (Å²) >= 11 is 1.67. The van der Waals surface area contributed by atoms with E-state index in [2.05, 4.69) is 15.0 Å². The summed E-state index contributed by atoms with van der Waals surface area (Å²) in [5.41, 5.74) is -0.138. The number of ketones is 1. The van der Waals surface area contributed by atoms with Crippen LogP contribution in [-0.2, 0) is 9.53 Å². The number of hydrogen-bond donors (Lipinski definition) is 1. The molecule has 2 aromatic heterocycles. The summed E-state index contributed by atoms with van der Waals surface area (Å²) in [6.45, 7) is 1.63. The highest BCUT2D eigenvalue weighted by Crippen LogP contribution is 2.25. The first-order valence-corrected chi connectivity index (χ1v) is 7.84. The molecule has 0 aromatic carbocycles. The molecule has 0 aliphatic carbocycles. The van der Waals surface area contributed by atoms with Crippen molar-refractivity contribution in [1.82, 2.24) is 4.98 Å². The van der Waals surface area contributed by atoms with E-state index in [-0.39, 0.29) is 27.3 Å². The van der Waals surface area contributed by atoms with Crippen LogP contribution in [-0.4, -0.2) is 34.2 Å². The lowest BCUT2D eigenvalue weighted by Crippen LogP contribution is -2.18. The first-order valence-electron chi connectivity index (χ1n) is 6.15. The monoisotopic (exact) mass is 355 g/mol. The molecule has 23 heavy (non-hydrogen) atoms. The summed E-state index contributed by atoms with van der Waals surface area (Å²) in [6.07, 6.45) is 0. The van der Waals surface area contributed by atoms with E-state index in [4.69, 9.17) is 0 Å². The Labute approximate surface area is 137 Å². The van der Waals surface area contributed by atoms with Gasteiger partial charge in [0, 0.05) is 11.4 Å². The molecule has 0 atom stereocenters. The number of thiophene rings is 1. The highest BCUT2D eigenvalue weighted by Gasteiger charge is 2.22. The Kier molecular flexibility index (Phi) is 5.13. The van der Waals surface area contributed by atoms with Crippen LogP contribution in [0.1, 0.15) is 27.1 Å². The fourth-order valence-corrected chi connectivity index (χ4v) is 2.84. The molecule has 0 radical (unpaired) electrons. The maximum absolute atomic E-state index is 11.9. The van der Waals surface area contributed by atoms with Crippen LogP contribution in [0.3, 0.4) is 0 Å². The Bertz CT molecular complexity index is 781. The fraction of sp³-hybridized carbons (Fsp3) is 0.167. The van der Waals surface area contributed by atoms with Crippen LogP contribution in [0.25, 0.3) is 0 Å². The van der Waals surface area contributed by atoms with Crippen molar-refractivity contribution in [2.75, 3.05) is 11.9 Å². The summed E-state index contributed by atoms with van der Waals surface area (Å²) in [4.78, 5) is 48.8. The van der Waals surface area contributed by atoms with E-state index < -0.39 is 22.6 Å². The smallest absolute Gasteiger partial charge is 0.381 e. The lowest BCUT2D eigenvalue weighted by atomic mass is 10.3. The zero-order chi connectivity index (χ0) is 17.0. The number of esters is 1. The van der Waals surface area contributed by atoms with Gasteiger partial charge in [-0.15, -0.1) is 11.3 Å². The molecule has 11 heteroatoms. The summed E-state index contributed by atoms with van der Waals surface area (Å²) in [5, 5.41) is 14.2. The van der Waals surface area contributed by atoms with Gasteiger partial charge in [0.25, 0.3) is 11.7 Å². The third-order valence-electron chi connectivity index (χ3n) is 2.41. The minimum Gasteiger partial charge on any atom is -0.460 e. The van der Waals surface area contributed by atoms with Gasteiger partial charge >= 0.3 is 11.0 Å². The third-order valence-corrected chi connectivity index (χ3v) is 4.21. The second kappa shape index (κ2) is 7.07. The maximum Gasteiger partial charge on any atom is 0.381 e. The Morgan fingerprint density at radius 3 is 2.74 bits per heavy atom. The van der Waals surface area contributed by atoms with Crippen LogP contribution in [0.2, 0.25) is 0 Å². The average Bonchev–Trinajstić information content (AvgIpc) is 3.15. The van der Waals surface area contributed by atoms with Crippen molar-refractivity contribution in [2.45, 2.75) is 6.92 Å². The number of ether oxygens (including phenoxy) is 1. The number of rotatable bonds is 6. The molecular formula is C12H9N3O6S2. The van der Waals surface area contributed by atoms with E-state index in [9.17, 15) is 24.5 Å². The third kappa shape index (κ3) is 3.96. The number of amides is 1. The zero-order valence-electron chi connectivity index (χ0n) is 11.6. The van der Waals surface area contributed by atoms with Gasteiger partial charge in [0.05, 0.1) is 16.4 Å². The predicted molar refractivity (Wildman–Crippen MR) is 82.0 cm³/mol. The van der Waals surface area contributed by atoms with Gasteiger partial charge in [-0.2, -0.15) is 0 Å². The second-order valence-electron chi connectivity index (χ2n) is 3.94. The number of thiazole rings is 1. The Balaban J connectivity index is 2.06. The Hall–Kier alpha value is -2.66. The van der Waals surface area contributed by atoms with Crippen molar-refractivity contribution in [2.24, 2.45) is 0 Å². The zero-order valence-corrected chi connectivity index (χ0v) is 13.2. The van der Waals surface area contributed by atoms with Crippen LogP contribution in [0.5, 0.6) is 0 Å². The molecule has 0 aliphatic rings. The molecule has 9 nitrogen and oxygen atoms in total. The van der Waals surface area contributed by atoms with Gasteiger partial charge in [-0.3, -0.25) is 25.0 Å². The molecule has 0 unspecified atom stereocenters. The first-order chi connectivity index (χ1) is 10.9. The van der Waals surface area contributed by atoms with Crippen molar-refractivity contribution in [1.29, 1.82) is 0 Å². The summed E-state index contributed by atoms with van der Waals surface area (Å²) in [5.74, 6) is -2.52. The first kappa shape index (κ1) is 16.7. The van der Waals surface area contributed by atoms with E-state index in [1.165, 1.54) is 17.5 Å². The molecule has 1 N–H and O–H groups in total. The highest BCUT2D eigenvalue weighted by atomic mass is 32.1. The van der Waals surface area contributed by atoms with Gasteiger partial charge in [0.15, 0.2) is 5.13 Å². The summed E-state index contributed by atoms with van der Waals surface area (Å²) in [6, 6.07) is 2.54. The number of anilines is 1. The fourth-order valence-electron chi connectivity index (χ4n) is 1.44. The molecule has 0 bridgehead atoms. The lowest BCUT2D eigenvalue weighted by molar-refractivity contribution is -0.380. The van der Waals surface area contributed by atoms with Crippen molar-refractivity contribution in [3.05, 3.63) is 38.2 Å². The molecule has 0 spiro atoms. The van der Waals surface area contributed by atoms with Gasteiger partial charge in [0.1, 0.15) is 5.69 Å². The molecule has 2 rings (SSSR count). The number of nitrogens with zero attached hydrogens (tertiary/aromatic N) is 2. The Morgan fingerprint density at radius 2 is 2.13 bits per heavy atom. The quantitative estimate of drug-likeness (QED) is 0.276. The van der Waals surface area contributed by atoms with Crippen molar-refractivity contribution < 1.29 is 24.0 Å². The molecule has 2 aromatic rings. The standard InChI is InChI=1S/C12H9N3O6S2/c1-2-21-11(18)9(16)6-5-22-12(13-6)14-10(17)7-3-4-8(23-7)15(19)20/h3-5H,2H2,1H3,(H,13,14,17).